The average Bonchev–Trinajstić information content (AvgIpc) is 2.44. The van der Waals surface area contributed by atoms with Crippen LogP contribution < -0.4 is 4.74 Å². The molecule has 1 heterocycles. The van der Waals surface area contributed by atoms with Gasteiger partial charge < -0.3 is 4.74 Å². The number of hydrogen-bond donors (Lipinski definition) is 0. The summed E-state index contributed by atoms with van der Waals surface area (Å²) in [7, 11) is 1.48. The van der Waals surface area contributed by atoms with Gasteiger partial charge in [-0.25, -0.2) is 0 Å². The number of fused-ring (bicyclic) bond motifs is 2. The normalized spacial score (nSPS) is 12.9. The van der Waals surface area contributed by atoms with Crippen molar-refractivity contribution in [2.45, 2.75) is 0 Å². The van der Waals surface area contributed by atoms with E-state index in [9.17, 15) is 9.59 Å². The first-order valence-electron chi connectivity index (χ1n) is 5.45. The Morgan fingerprint density at radius 2 is 1.78 bits per heavy atom. The van der Waals surface area contributed by atoms with Crippen LogP contribution in [0.3, 0.4) is 0 Å². The van der Waals surface area contributed by atoms with Crippen molar-refractivity contribution in [2.24, 2.45) is 0 Å². The van der Waals surface area contributed by atoms with Gasteiger partial charge in [-0.15, -0.1) is 0 Å². The summed E-state index contributed by atoms with van der Waals surface area (Å²) in [5.41, 5.74) is 1.22. The first-order valence-corrected chi connectivity index (χ1v) is 5.45. The van der Waals surface area contributed by atoms with Gasteiger partial charge in [0.15, 0.2) is 5.78 Å². The van der Waals surface area contributed by atoms with E-state index in [0.29, 0.717) is 22.4 Å². The molecule has 0 amide bonds. The highest BCUT2D eigenvalue weighted by Gasteiger charge is 2.32. The van der Waals surface area contributed by atoms with E-state index in [1.165, 1.54) is 13.3 Å². The van der Waals surface area contributed by atoms with E-state index in [1.807, 2.05) is 0 Å². The van der Waals surface area contributed by atoms with E-state index < -0.39 is 0 Å². The smallest absolute Gasteiger partial charge is 0.212 e. The highest BCUT2D eigenvalue weighted by Crippen LogP contribution is 2.31. The number of rotatable bonds is 1. The first-order chi connectivity index (χ1) is 8.74. The molecule has 0 saturated carbocycles. The average molecular weight is 239 g/mol. The van der Waals surface area contributed by atoms with Crippen LogP contribution in [0.4, 0.5) is 0 Å². The van der Waals surface area contributed by atoms with Crippen molar-refractivity contribution < 1.29 is 14.3 Å². The second-order valence-corrected chi connectivity index (χ2v) is 3.94. The Morgan fingerprint density at radius 1 is 1.00 bits per heavy atom. The summed E-state index contributed by atoms with van der Waals surface area (Å²) in [4.78, 5) is 28.6. The number of ketones is 2. The number of methoxy groups -OCH3 is 1. The van der Waals surface area contributed by atoms with Crippen molar-refractivity contribution in [2.75, 3.05) is 7.11 Å². The van der Waals surface area contributed by atoms with Gasteiger partial charge in [0.2, 0.25) is 5.78 Å². The Hall–Kier alpha value is -2.49. The van der Waals surface area contributed by atoms with E-state index in [4.69, 9.17) is 4.74 Å². The van der Waals surface area contributed by atoms with Gasteiger partial charge in [0.05, 0.1) is 18.2 Å². The molecule has 0 bridgehead atoms. The quantitative estimate of drug-likeness (QED) is 0.650. The molecular formula is C14H9NO3. The zero-order valence-electron chi connectivity index (χ0n) is 9.64. The van der Waals surface area contributed by atoms with E-state index in [1.54, 1.807) is 30.3 Å². The lowest BCUT2D eigenvalue weighted by molar-refractivity contribution is 0.0973. The monoisotopic (exact) mass is 239 g/mol. The van der Waals surface area contributed by atoms with Gasteiger partial charge in [-0.1, -0.05) is 6.07 Å². The lowest BCUT2D eigenvalue weighted by atomic mass is 9.86. The van der Waals surface area contributed by atoms with Gasteiger partial charge in [-0.3, -0.25) is 14.6 Å². The molecule has 0 saturated heterocycles. The van der Waals surface area contributed by atoms with Crippen molar-refractivity contribution in [1.82, 2.24) is 4.98 Å². The Bertz CT molecular complexity index is 676. The Balaban J connectivity index is 2.34. The van der Waals surface area contributed by atoms with Crippen LogP contribution in [0.25, 0.3) is 0 Å². The fraction of sp³-hybridized carbons (Fsp3) is 0.0714. The molecule has 1 aromatic heterocycles. The fourth-order valence-corrected chi connectivity index (χ4v) is 2.16. The van der Waals surface area contributed by atoms with Crippen LogP contribution in [0.2, 0.25) is 0 Å². The number of pyridine rings is 1. The number of ether oxygens (including phenoxy) is 1. The maximum Gasteiger partial charge on any atom is 0.212 e. The van der Waals surface area contributed by atoms with Gasteiger partial charge in [0.25, 0.3) is 0 Å². The third-order valence-electron chi connectivity index (χ3n) is 2.99. The molecule has 1 aromatic carbocycles. The maximum atomic E-state index is 12.4. The molecular weight excluding hydrogens is 230 g/mol. The zero-order valence-corrected chi connectivity index (χ0v) is 9.64. The van der Waals surface area contributed by atoms with E-state index in [0.717, 1.165) is 0 Å². The predicted molar refractivity (Wildman–Crippen MR) is 64.1 cm³/mol. The predicted octanol–water partition coefficient (Wildman–Crippen LogP) is 1.87. The summed E-state index contributed by atoms with van der Waals surface area (Å²) in [6, 6.07) is 8.24. The van der Waals surface area contributed by atoms with Crippen molar-refractivity contribution in [3.8, 4) is 5.75 Å². The second kappa shape index (κ2) is 3.77. The molecule has 88 valence electrons. The first kappa shape index (κ1) is 10.7. The van der Waals surface area contributed by atoms with Crippen LogP contribution in [0.5, 0.6) is 5.75 Å². The third-order valence-corrected chi connectivity index (χ3v) is 2.99. The summed E-state index contributed by atoms with van der Waals surface area (Å²) >= 11 is 0. The summed E-state index contributed by atoms with van der Waals surface area (Å²) in [6.45, 7) is 0. The zero-order chi connectivity index (χ0) is 12.7. The van der Waals surface area contributed by atoms with Crippen molar-refractivity contribution in [3.63, 3.8) is 0 Å². The second-order valence-electron chi connectivity index (χ2n) is 3.94. The number of hydrogen-bond acceptors (Lipinski definition) is 4. The molecule has 18 heavy (non-hydrogen) atoms. The van der Waals surface area contributed by atoms with Gasteiger partial charge in [-0.2, -0.15) is 0 Å². The molecule has 3 rings (SSSR count). The summed E-state index contributed by atoms with van der Waals surface area (Å²) in [6.07, 6.45) is 1.51. The largest absolute Gasteiger partial charge is 0.496 e. The molecule has 0 N–H and O–H groups in total. The molecule has 0 unspecified atom stereocenters. The molecule has 0 aliphatic heterocycles. The fourth-order valence-electron chi connectivity index (χ4n) is 2.16. The van der Waals surface area contributed by atoms with Crippen molar-refractivity contribution >= 4 is 11.6 Å². The van der Waals surface area contributed by atoms with Gasteiger partial charge in [-0.05, 0) is 24.3 Å². The minimum absolute atomic E-state index is 0.211. The summed E-state index contributed by atoms with van der Waals surface area (Å²) in [5.74, 6) is -0.0374. The number of nitrogens with zero attached hydrogens (tertiary/aromatic N) is 1. The number of benzene rings is 1. The van der Waals surface area contributed by atoms with Crippen molar-refractivity contribution in [3.05, 3.63) is 58.9 Å². The number of aromatic nitrogens is 1. The van der Waals surface area contributed by atoms with Gasteiger partial charge in [0.1, 0.15) is 11.4 Å². The van der Waals surface area contributed by atoms with E-state index in [-0.39, 0.29) is 17.3 Å². The molecule has 0 radical (unpaired) electrons. The number of carbonyl (C=O) groups excluding carboxylic acids is 2. The molecule has 1 aliphatic carbocycles. The van der Waals surface area contributed by atoms with Crippen LogP contribution in [-0.4, -0.2) is 23.7 Å². The molecule has 0 atom stereocenters. The summed E-state index contributed by atoms with van der Waals surface area (Å²) < 4.78 is 5.15. The van der Waals surface area contributed by atoms with Crippen LogP contribution >= 0.6 is 0 Å². The van der Waals surface area contributed by atoms with Crippen LogP contribution in [0.1, 0.15) is 32.0 Å². The lowest BCUT2D eigenvalue weighted by Crippen LogP contribution is -2.22. The SMILES string of the molecule is COc1cccc2c1C(=O)c1cccnc1C2=O. The molecule has 1 aliphatic rings. The maximum absolute atomic E-state index is 12.4. The molecule has 4 nitrogen and oxygen atoms in total. The minimum atomic E-state index is -0.237. The minimum Gasteiger partial charge on any atom is -0.496 e. The Kier molecular flexibility index (Phi) is 2.23. The molecule has 4 heteroatoms. The molecule has 0 spiro atoms. The topological polar surface area (TPSA) is 56.3 Å². The molecule has 0 fully saturated rings. The Labute approximate surface area is 103 Å². The van der Waals surface area contributed by atoms with Crippen LogP contribution in [0, 0.1) is 0 Å². The van der Waals surface area contributed by atoms with Crippen molar-refractivity contribution in [1.29, 1.82) is 0 Å². The molecule has 2 aromatic rings. The van der Waals surface area contributed by atoms with Crippen LogP contribution in [-0.2, 0) is 0 Å². The van der Waals surface area contributed by atoms with E-state index in [2.05, 4.69) is 4.98 Å². The van der Waals surface area contributed by atoms with Gasteiger partial charge in [0, 0.05) is 11.8 Å². The van der Waals surface area contributed by atoms with E-state index >= 15 is 0 Å². The Morgan fingerprint density at radius 3 is 2.56 bits per heavy atom. The standard InChI is InChI=1S/C14H9NO3/c1-18-10-6-2-4-8-11(10)13(16)9-5-3-7-15-12(9)14(8)17/h2-7H,1H3. The third kappa shape index (κ3) is 1.29. The highest BCUT2D eigenvalue weighted by atomic mass is 16.5. The lowest BCUT2D eigenvalue weighted by Gasteiger charge is -2.18. The van der Waals surface area contributed by atoms with Gasteiger partial charge >= 0.3 is 0 Å². The highest BCUT2D eigenvalue weighted by molar-refractivity contribution is 6.28. The van der Waals surface area contributed by atoms with Crippen LogP contribution in [0.15, 0.2) is 36.5 Å². The number of carbonyl (C=O) groups is 2. The summed E-state index contributed by atoms with van der Waals surface area (Å²) in [5, 5.41) is 0.